The van der Waals surface area contributed by atoms with Crippen LogP contribution in [0.4, 0.5) is 0 Å². The second kappa shape index (κ2) is 5.89. The van der Waals surface area contributed by atoms with E-state index >= 15 is 0 Å². The van der Waals surface area contributed by atoms with Crippen LogP contribution >= 0.6 is 0 Å². The number of methoxy groups -OCH3 is 1. The van der Waals surface area contributed by atoms with Crippen molar-refractivity contribution < 1.29 is 14.3 Å². The average Bonchev–Trinajstić information content (AvgIpc) is 2.37. The zero-order valence-corrected chi connectivity index (χ0v) is 12.5. The summed E-state index contributed by atoms with van der Waals surface area (Å²) in [4.78, 5) is 18.6. The molecule has 0 aliphatic carbocycles. The number of carbonyl (C=O) groups excluding carboxylic acids is 1. The number of amides is 1. The van der Waals surface area contributed by atoms with Gasteiger partial charge in [-0.2, -0.15) is 0 Å². The smallest absolute Gasteiger partial charge is 0.272 e. The number of nitrogens with zero attached hydrogens (tertiary/aromatic N) is 2. The number of pyridine rings is 1. The molecule has 1 saturated heterocycles. The number of rotatable bonds is 3. The average molecular weight is 278 g/mol. The summed E-state index contributed by atoms with van der Waals surface area (Å²) in [5, 5.41) is 0. The fourth-order valence-corrected chi connectivity index (χ4v) is 2.58. The molecule has 110 valence electrons. The van der Waals surface area contributed by atoms with Crippen molar-refractivity contribution in [2.45, 2.75) is 32.5 Å². The van der Waals surface area contributed by atoms with Crippen LogP contribution in [0.1, 0.15) is 29.9 Å². The zero-order valence-electron chi connectivity index (χ0n) is 12.5. The number of ether oxygens (including phenoxy) is 2. The van der Waals surface area contributed by atoms with Crippen LogP contribution in [-0.2, 0) is 9.47 Å². The predicted octanol–water partition coefficient (Wildman–Crippen LogP) is 1.66. The monoisotopic (exact) mass is 278 g/mol. The van der Waals surface area contributed by atoms with Gasteiger partial charge in [0.15, 0.2) is 0 Å². The molecule has 2 heterocycles. The third-order valence-corrected chi connectivity index (χ3v) is 3.33. The number of aromatic nitrogens is 1. The van der Waals surface area contributed by atoms with E-state index in [0.29, 0.717) is 25.4 Å². The molecule has 1 amide bonds. The highest BCUT2D eigenvalue weighted by atomic mass is 16.5. The minimum Gasteiger partial charge on any atom is -0.382 e. The van der Waals surface area contributed by atoms with Gasteiger partial charge in [-0.15, -0.1) is 0 Å². The lowest BCUT2D eigenvalue weighted by Crippen LogP contribution is -2.55. The third kappa shape index (κ3) is 3.35. The van der Waals surface area contributed by atoms with Crippen LogP contribution in [0.2, 0.25) is 0 Å². The molecule has 1 aromatic heterocycles. The van der Waals surface area contributed by atoms with Gasteiger partial charge in [0.2, 0.25) is 0 Å². The highest BCUT2D eigenvalue weighted by Gasteiger charge is 2.36. The predicted molar refractivity (Wildman–Crippen MR) is 75.7 cm³/mol. The maximum absolute atomic E-state index is 12.6. The van der Waals surface area contributed by atoms with Gasteiger partial charge in [0.05, 0.1) is 18.3 Å². The number of carbonyl (C=O) groups is 1. The Bertz CT molecular complexity index is 488. The van der Waals surface area contributed by atoms with Crippen LogP contribution in [0.5, 0.6) is 0 Å². The lowest BCUT2D eigenvalue weighted by atomic mass is 10.0. The van der Waals surface area contributed by atoms with E-state index < -0.39 is 0 Å². The van der Waals surface area contributed by atoms with Gasteiger partial charge >= 0.3 is 0 Å². The molecular formula is C15H22N2O3. The Labute approximate surface area is 119 Å². The molecule has 5 heteroatoms. The quantitative estimate of drug-likeness (QED) is 0.843. The van der Waals surface area contributed by atoms with E-state index in [1.165, 1.54) is 0 Å². The number of aryl methyl sites for hydroxylation is 1. The van der Waals surface area contributed by atoms with Gasteiger partial charge in [0, 0.05) is 26.4 Å². The SMILES string of the molecule is COC[C@H]1CN(C(=O)c2ncccc2C)CC(C)(C)O1. The minimum atomic E-state index is -0.375. The maximum Gasteiger partial charge on any atom is 0.272 e. The Morgan fingerprint density at radius 3 is 3.00 bits per heavy atom. The van der Waals surface area contributed by atoms with E-state index in [1.54, 1.807) is 13.3 Å². The molecule has 5 nitrogen and oxygen atoms in total. The molecule has 0 N–H and O–H groups in total. The molecular weight excluding hydrogens is 256 g/mol. The maximum atomic E-state index is 12.6. The third-order valence-electron chi connectivity index (χ3n) is 3.33. The summed E-state index contributed by atoms with van der Waals surface area (Å²) in [6.07, 6.45) is 1.55. The standard InChI is InChI=1S/C15H22N2O3/c1-11-6-5-7-16-13(11)14(18)17-8-12(9-19-4)20-15(2,3)10-17/h5-7,12H,8-10H2,1-4H3/t12-/m1/s1. The van der Waals surface area contributed by atoms with Crippen LogP contribution < -0.4 is 0 Å². The highest BCUT2D eigenvalue weighted by molar-refractivity contribution is 5.93. The van der Waals surface area contributed by atoms with Gasteiger partial charge in [0.25, 0.3) is 5.91 Å². The first-order valence-corrected chi connectivity index (χ1v) is 6.80. The molecule has 0 bridgehead atoms. The molecule has 1 aliphatic rings. The van der Waals surface area contributed by atoms with Crippen LogP contribution in [0.3, 0.4) is 0 Å². The summed E-state index contributed by atoms with van der Waals surface area (Å²) in [6, 6.07) is 3.74. The molecule has 2 rings (SSSR count). The summed E-state index contributed by atoms with van der Waals surface area (Å²) in [6.45, 7) is 7.45. The second-order valence-corrected chi connectivity index (χ2v) is 5.81. The molecule has 0 aromatic carbocycles. The van der Waals surface area contributed by atoms with Crippen molar-refractivity contribution in [3.8, 4) is 0 Å². The molecule has 1 atom stereocenters. The Morgan fingerprint density at radius 1 is 1.60 bits per heavy atom. The van der Waals surface area contributed by atoms with Crippen molar-refractivity contribution in [2.24, 2.45) is 0 Å². The van der Waals surface area contributed by atoms with E-state index in [2.05, 4.69) is 4.98 Å². The van der Waals surface area contributed by atoms with Crippen LogP contribution in [0.25, 0.3) is 0 Å². The van der Waals surface area contributed by atoms with Crippen molar-refractivity contribution in [3.05, 3.63) is 29.6 Å². The number of hydrogen-bond donors (Lipinski definition) is 0. The molecule has 0 saturated carbocycles. The Morgan fingerprint density at radius 2 is 2.35 bits per heavy atom. The fourth-order valence-electron chi connectivity index (χ4n) is 2.58. The summed E-state index contributed by atoms with van der Waals surface area (Å²) < 4.78 is 11.1. The van der Waals surface area contributed by atoms with Gasteiger partial charge in [-0.1, -0.05) is 6.07 Å². The van der Waals surface area contributed by atoms with Gasteiger partial charge in [-0.3, -0.25) is 9.78 Å². The van der Waals surface area contributed by atoms with Crippen molar-refractivity contribution in [3.63, 3.8) is 0 Å². The van der Waals surface area contributed by atoms with E-state index in [9.17, 15) is 4.79 Å². The fraction of sp³-hybridized carbons (Fsp3) is 0.600. The molecule has 0 unspecified atom stereocenters. The van der Waals surface area contributed by atoms with Crippen molar-refractivity contribution >= 4 is 5.91 Å². The Hall–Kier alpha value is -1.46. The van der Waals surface area contributed by atoms with Crippen LogP contribution in [0, 0.1) is 6.92 Å². The summed E-state index contributed by atoms with van der Waals surface area (Å²) in [5.41, 5.74) is 1.03. The highest BCUT2D eigenvalue weighted by Crippen LogP contribution is 2.23. The Balaban J connectivity index is 2.18. The molecule has 0 spiro atoms. The van der Waals surface area contributed by atoms with Crippen LogP contribution in [0.15, 0.2) is 18.3 Å². The second-order valence-electron chi connectivity index (χ2n) is 5.81. The zero-order chi connectivity index (χ0) is 14.8. The van der Waals surface area contributed by atoms with Crippen molar-refractivity contribution in [1.82, 2.24) is 9.88 Å². The van der Waals surface area contributed by atoms with Crippen molar-refractivity contribution in [2.75, 3.05) is 26.8 Å². The van der Waals surface area contributed by atoms with E-state index in [0.717, 1.165) is 5.56 Å². The summed E-state index contributed by atoms with van der Waals surface area (Å²) in [7, 11) is 1.64. The molecule has 0 radical (unpaired) electrons. The summed E-state index contributed by atoms with van der Waals surface area (Å²) >= 11 is 0. The number of morpholine rings is 1. The van der Waals surface area contributed by atoms with Gasteiger partial charge in [-0.25, -0.2) is 0 Å². The van der Waals surface area contributed by atoms with Crippen LogP contribution in [-0.4, -0.2) is 54.3 Å². The molecule has 1 fully saturated rings. The van der Waals surface area contributed by atoms with E-state index in [1.807, 2.05) is 37.8 Å². The molecule has 1 aliphatic heterocycles. The lowest BCUT2D eigenvalue weighted by molar-refractivity contribution is -0.143. The van der Waals surface area contributed by atoms with Crippen molar-refractivity contribution in [1.29, 1.82) is 0 Å². The van der Waals surface area contributed by atoms with E-state index in [-0.39, 0.29) is 17.6 Å². The van der Waals surface area contributed by atoms with Gasteiger partial charge < -0.3 is 14.4 Å². The molecule has 20 heavy (non-hydrogen) atoms. The summed E-state index contributed by atoms with van der Waals surface area (Å²) in [5.74, 6) is -0.0411. The first kappa shape index (κ1) is 14.9. The van der Waals surface area contributed by atoms with Gasteiger partial charge in [-0.05, 0) is 32.4 Å². The lowest BCUT2D eigenvalue weighted by Gasteiger charge is -2.42. The molecule has 1 aromatic rings. The minimum absolute atomic E-state index is 0.0411. The number of hydrogen-bond acceptors (Lipinski definition) is 4. The normalized spacial score (nSPS) is 21.8. The van der Waals surface area contributed by atoms with Gasteiger partial charge in [0.1, 0.15) is 5.69 Å². The topological polar surface area (TPSA) is 51.7 Å². The van der Waals surface area contributed by atoms with E-state index in [4.69, 9.17) is 9.47 Å². The first-order chi connectivity index (χ1) is 9.43. The largest absolute Gasteiger partial charge is 0.382 e. The Kier molecular flexibility index (Phi) is 4.40. The first-order valence-electron chi connectivity index (χ1n) is 6.80.